The van der Waals surface area contributed by atoms with Gasteiger partial charge in [-0.05, 0) is 19.1 Å². The summed E-state index contributed by atoms with van der Waals surface area (Å²) in [5, 5.41) is 19.3. The first-order chi connectivity index (χ1) is 8.73. The summed E-state index contributed by atoms with van der Waals surface area (Å²) in [6.45, 7) is 1.14. The topological polar surface area (TPSA) is 104 Å². The van der Waals surface area contributed by atoms with Gasteiger partial charge in [0.05, 0.1) is 11.1 Å². The van der Waals surface area contributed by atoms with E-state index in [9.17, 15) is 23.2 Å². The normalized spacial score (nSPS) is 11.7. The molecule has 102 valence electrons. The Morgan fingerprint density at radius 1 is 1.11 bits per heavy atom. The van der Waals surface area contributed by atoms with Crippen LogP contribution in [0.1, 0.15) is 27.6 Å². The van der Waals surface area contributed by atoms with Crippen LogP contribution in [0.2, 0.25) is 0 Å². The van der Waals surface area contributed by atoms with Gasteiger partial charge in [-0.3, -0.25) is 9.59 Å². The smallest absolute Gasteiger partial charge is 0.336 e. The zero-order valence-electron chi connectivity index (χ0n) is 9.61. The molecule has 0 aromatic heterocycles. The van der Waals surface area contributed by atoms with Gasteiger partial charge in [-0.15, -0.1) is 0 Å². The summed E-state index contributed by atoms with van der Waals surface area (Å²) >= 11 is 0. The fourth-order valence-corrected chi connectivity index (χ4v) is 1.25. The van der Waals surface area contributed by atoms with Gasteiger partial charge in [0.25, 0.3) is 5.91 Å². The number of aromatic carboxylic acids is 1. The van der Waals surface area contributed by atoms with Crippen molar-refractivity contribution in [1.29, 1.82) is 0 Å². The summed E-state index contributed by atoms with van der Waals surface area (Å²) in [5.74, 6) is -6.93. The lowest BCUT2D eigenvalue weighted by Crippen LogP contribution is -2.39. The van der Waals surface area contributed by atoms with Gasteiger partial charge in [-0.1, -0.05) is 0 Å². The van der Waals surface area contributed by atoms with Gasteiger partial charge in [0.1, 0.15) is 6.04 Å². The third-order valence-corrected chi connectivity index (χ3v) is 2.25. The van der Waals surface area contributed by atoms with Crippen LogP contribution >= 0.6 is 0 Å². The Labute approximate surface area is 105 Å². The van der Waals surface area contributed by atoms with E-state index in [0.29, 0.717) is 12.1 Å². The number of rotatable bonds is 4. The van der Waals surface area contributed by atoms with Gasteiger partial charge < -0.3 is 15.5 Å². The van der Waals surface area contributed by atoms with Crippen LogP contribution in [-0.2, 0) is 4.79 Å². The highest BCUT2D eigenvalue weighted by atomic mass is 19.2. The molecule has 1 atom stereocenters. The van der Waals surface area contributed by atoms with Gasteiger partial charge in [-0.25, -0.2) is 13.6 Å². The molecule has 0 aliphatic heterocycles. The minimum absolute atomic E-state index is 0.359. The zero-order valence-corrected chi connectivity index (χ0v) is 9.61. The largest absolute Gasteiger partial charge is 0.480 e. The van der Waals surface area contributed by atoms with E-state index < -0.39 is 46.6 Å². The fourth-order valence-electron chi connectivity index (χ4n) is 1.25. The number of carbonyl (C=O) groups excluding carboxylic acids is 1. The summed E-state index contributed by atoms with van der Waals surface area (Å²) in [7, 11) is 0. The van der Waals surface area contributed by atoms with Gasteiger partial charge in [-0.2, -0.15) is 0 Å². The SMILES string of the molecule is CC(NC(=O)c1cc(F)c(F)cc1C(=O)O)C(=O)O. The van der Waals surface area contributed by atoms with Gasteiger partial charge in [0, 0.05) is 0 Å². The van der Waals surface area contributed by atoms with E-state index in [1.165, 1.54) is 0 Å². The number of carbonyl (C=O) groups is 3. The first kappa shape index (κ1) is 14.6. The highest BCUT2D eigenvalue weighted by molar-refractivity contribution is 6.05. The van der Waals surface area contributed by atoms with E-state index in [1.54, 1.807) is 0 Å². The second-order valence-corrected chi connectivity index (χ2v) is 3.65. The number of benzene rings is 1. The Balaban J connectivity index is 3.18. The quantitative estimate of drug-likeness (QED) is 0.755. The van der Waals surface area contributed by atoms with Crippen LogP contribution in [-0.4, -0.2) is 34.1 Å². The molecule has 6 nitrogen and oxygen atoms in total. The molecule has 0 radical (unpaired) electrons. The maximum absolute atomic E-state index is 13.0. The predicted octanol–water partition coefficient (Wildman–Crippen LogP) is 0.866. The van der Waals surface area contributed by atoms with Crippen molar-refractivity contribution < 1.29 is 33.4 Å². The Morgan fingerprint density at radius 2 is 1.58 bits per heavy atom. The van der Waals surface area contributed by atoms with Crippen molar-refractivity contribution in [3.63, 3.8) is 0 Å². The third kappa shape index (κ3) is 3.24. The molecule has 3 N–H and O–H groups in total. The van der Waals surface area contributed by atoms with Crippen LogP contribution in [0.15, 0.2) is 12.1 Å². The molecule has 0 aliphatic carbocycles. The number of amides is 1. The van der Waals surface area contributed by atoms with Crippen molar-refractivity contribution in [2.24, 2.45) is 0 Å². The van der Waals surface area contributed by atoms with Gasteiger partial charge in [0.2, 0.25) is 0 Å². The van der Waals surface area contributed by atoms with Crippen molar-refractivity contribution in [2.75, 3.05) is 0 Å². The van der Waals surface area contributed by atoms with Gasteiger partial charge >= 0.3 is 11.9 Å². The minimum atomic E-state index is -1.63. The molecular weight excluding hydrogens is 264 g/mol. The minimum Gasteiger partial charge on any atom is -0.480 e. The lowest BCUT2D eigenvalue weighted by atomic mass is 10.1. The second kappa shape index (κ2) is 5.42. The van der Waals surface area contributed by atoms with Crippen molar-refractivity contribution in [2.45, 2.75) is 13.0 Å². The molecule has 1 unspecified atom stereocenters. The maximum Gasteiger partial charge on any atom is 0.336 e. The molecular formula is C11H9F2NO5. The van der Waals surface area contributed by atoms with Gasteiger partial charge in [0.15, 0.2) is 11.6 Å². The highest BCUT2D eigenvalue weighted by Crippen LogP contribution is 2.15. The lowest BCUT2D eigenvalue weighted by molar-refractivity contribution is -0.138. The molecule has 0 saturated carbocycles. The van der Waals surface area contributed by atoms with Crippen LogP contribution in [0, 0.1) is 11.6 Å². The number of aliphatic carboxylic acids is 1. The van der Waals surface area contributed by atoms with Crippen LogP contribution in [0.3, 0.4) is 0 Å². The second-order valence-electron chi connectivity index (χ2n) is 3.65. The monoisotopic (exact) mass is 273 g/mol. The van der Waals surface area contributed by atoms with Crippen molar-refractivity contribution in [3.8, 4) is 0 Å². The van der Waals surface area contributed by atoms with E-state index in [1.807, 2.05) is 5.32 Å². The average Bonchev–Trinajstić information content (AvgIpc) is 2.31. The van der Waals surface area contributed by atoms with E-state index >= 15 is 0 Å². The molecule has 1 rings (SSSR count). The first-order valence-corrected chi connectivity index (χ1v) is 5.00. The predicted molar refractivity (Wildman–Crippen MR) is 57.9 cm³/mol. The number of halogens is 2. The number of hydrogen-bond acceptors (Lipinski definition) is 3. The maximum atomic E-state index is 13.0. The Bertz CT molecular complexity index is 558. The van der Waals surface area contributed by atoms with Crippen molar-refractivity contribution in [3.05, 3.63) is 34.9 Å². The Morgan fingerprint density at radius 3 is 2.00 bits per heavy atom. The molecule has 1 aromatic rings. The zero-order chi connectivity index (χ0) is 14.7. The molecule has 1 amide bonds. The molecule has 8 heteroatoms. The molecule has 0 fully saturated rings. The molecule has 0 saturated heterocycles. The van der Waals surface area contributed by atoms with Crippen LogP contribution < -0.4 is 5.32 Å². The standard InChI is InChI=1S/C11H9F2NO5/c1-4(10(16)17)14-9(15)5-2-7(12)8(13)3-6(5)11(18)19/h2-4H,1H3,(H,14,15)(H,16,17)(H,18,19). The number of carboxylic acid groups (broad SMARTS) is 2. The van der Waals surface area contributed by atoms with E-state index in [0.717, 1.165) is 6.92 Å². The number of carboxylic acids is 2. The summed E-state index contributed by atoms with van der Waals surface area (Å²) in [6.07, 6.45) is 0. The van der Waals surface area contributed by atoms with Crippen molar-refractivity contribution >= 4 is 17.8 Å². The van der Waals surface area contributed by atoms with E-state index in [2.05, 4.69) is 0 Å². The van der Waals surface area contributed by atoms with Crippen molar-refractivity contribution in [1.82, 2.24) is 5.32 Å². The fraction of sp³-hybridized carbons (Fsp3) is 0.182. The first-order valence-electron chi connectivity index (χ1n) is 5.00. The molecule has 19 heavy (non-hydrogen) atoms. The summed E-state index contributed by atoms with van der Waals surface area (Å²) in [5.41, 5.74) is -1.41. The van der Waals surface area contributed by atoms with E-state index in [4.69, 9.17) is 10.2 Å². The Kier molecular flexibility index (Phi) is 4.15. The summed E-state index contributed by atoms with van der Waals surface area (Å²) in [6, 6.07) is -0.539. The van der Waals surface area contributed by atoms with Crippen LogP contribution in [0.4, 0.5) is 8.78 Å². The van der Waals surface area contributed by atoms with Crippen LogP contribution in [0.25, 0.3) is 0 Å². The average molecular weight is 273 g/mol. The summed E-state index contributed by atoms with van der Waals surface area (Å²) < 4.78 is 25.9. The molecule has 0 bridgehead atoms. The van der Waals surface area contributed by atoms with E-state index in [-0.39, 0.29) is 0 Å². The summed E-state index contributed by atoms with van der Waals surface area (Å²) in [4.78, 5) is 33.0. The molecule has 1 aromatic carbocycles. The number of nitrogens with one attached hydrogen (secondary N) is 1. The van der Waals surface area contributed by atoms with Crippen LogP contribution in [0.5, 0.6) is 0 Å². The lowest BCUT2D eigenvalue weighted by Gasteiger charge is -2.11. The third-order valence-electron chi connectivity index (χ3n) is 2.25. The molecule has 0 heterocycles. The molecule has 0 aliphatic rings. The molecule has 0 spiro atoms. The highest BCUT2D eigenvalue weighted by Gasteiger charge is 2.23. The Hall–Kier alpha value is -2.51. The number of hydrogen-bond donors (Lipinski definition) is 3.